The number of carbonyl (C=O) groups excluding carboxylic acids is 1. The summed E-state index contributed by atoms with van der Waals surface area (Å²) in [4.78, 5) is 15.1. The summed E-state index contributed by atoms with van der Waals surface area (Å²) in [5.74, 6) is 0.0204. The van der Waals surface area contributed by atoms with Crippen LogP contribution in [0.4, 0.5) is 5.82 Å². The highest BCUT2D eigenvalue weighted by molar-refractivity contribution is 9.10. The van der Waals surface area contributed by atoms with Crippen molar-refractivity contribution < 1.29 is 13.2 Å². The number of anilines is 1. The summed E-state index contributed by atoms with van der Waals surface area (Å²) in [6, 6.07) is 1.38. The van der Waals surface area contributed by atoms with Gasteiger partial charge >= 0.3 is 0 Å². The Morgan fingerprint density at radius 3 is 2.80 bits per heavy atom. The first-order chi connectivity index (χ1) is 9.40. The van der Waals surface area contributed by atoms with Crippen LogP contribution in [0.3, 0.4) is 0 Å². The second-order valence-corrected chi connectivity index (χ2v) is 7.15. The van der Waals surface area contributed by atoms with Gasteiger partial charge in [0.2, 0.25) is 15.9 Å². The SMILES string of the molecule is Nc1ncc(Br)cc1S(=O)(=O)NCCNC(=O)C1CC1. The van der Waals surface area contributed by atoms with Crippen LogP contribution < -0.4 is 15.8 Å². The fraction of sp³-hybridized carbons (Fsp3) is 0.455. The molecule has 1 aromatic rings. The number of nitrogens with two attached hydrogens (primary N) is 1. The molecule has 0 atom stereocenters. The van der Waals surface area contributed by atoms with E-state index >= 15 is 0 Å². The summed E-state index contributed by atoms with van der Waals surface area (Å²) < 4.78 is 27.0. The second kappa shape index (κ2) is 6.06. The van der Waals surface area contributed by atoms with Crippen LogP contribution in [-0.2, 0) is 14.8 Å². The normalized spacial score (nSPS) is 15.1. The maximum Gasteiger partial charge on any atom is 0.244 e. The second-order valence-electron chi connectivity index (χ2n) is 4.50. The van der Waals surface area contributed by atoms with Crippen molar-refractivity contribution in [1.29, 1.82) is 0 Å². The monoisotopic (exact) mass is 362 g/mol. The van der Waals surface area contributed by atoms with E-state index in [4.69, 9.17) is 5.73 Å². The topological polar surface area (TPSA) is 114 Å². The van der Waals surface area contributed by atoms with Crippen LogP contribution in [0.2, 0.25) is 0 Å². The van der Waals surface area contributed by atoms with E-state index in [9.17, 15) is 13.2 Å². The van der Waals surface area contributed by atoms with Gasteiger partial charge in [-0.2, -0.15) is 0 Å². The van der Waals surface area contributed by atoms with E-state index in [0.717, 1.165) is 12.8 Å². The van der Waals surface area contributed by atoms with Gasteiger partial charge in [-0.3, -0.25) is 4.79 Å². The minimum absolute atomic E-state index is 0.0205. The van der Waals surface area contributed by atoms with Crippen LogP contribution in [0.15, 0.2) is 21.6 Å². The quantitative estimate of drug-likeness (QED) is 0.626. The van der Waals surface area contributed by atoms with E-state index in [-0.39, 0.29) is 35.6 Å². The number of hydrogen-bond acceptors (Lipinski definition) is 5. The van der Waals surface area contributed by atoms with Gasteiger partial charge in [0.05, 0.1) is 0 Å². The van der Waals surface area contributed by atoms with Gasteiger partial charge in [0.1, 0.15) is 10.7 Å². The highest BCUT2D eigenvalue weighted by Crippen LogP contribution is 2.28. The number of nitrogens with one attached hydrogen (secondary N) is 2. The zero-order valence-electron chi connectivity index (χ0n) is 10.6. The Morgan fingerprint density at radius 1 is 1.45 bits per heavy atom. The molecule has 20 heavy (non-hydrogen) atoms. The minimum Gasteiger partial charge on any atom is -0.383 e. The van der Waals surface area contributed by atoms with Gasteiger partial charge in [0.25, 0.3) is 0 Å². The van der Waals surface area contributed by atoms with Crippen molar-refractivity contribution in [3.8, 4) is 0 Å². The van der Waals surface area contributed by atoms with Crippen molar-refractivity contribution >= 4 is 37.7 Å². The number of halogens is 1. The van der Waals surface area contributed by atoms with Gasteiger partial charge in [-0.1, -0.05) is 0 Å². The molecule has 0 aromatic carbocycles. The van der Waals surface area contributed by atoms with Gasteiger partial charge in [-0.25, -0.2) is 18.1 Å². The number of nitrogens with zero attached hydrogens (tertiary/aromatic N) is 1. The van der Waals surface area contributed by atoms with E-state index < -0.39 is 10.0 Å². The Bertz CT molecular complexity index is 616. The highest BCUT2D eigenvalue weighted by atomic mass is 79.9. The average Bonchev–Trinajstić information content (AvgIpc) is 3.21. The minimum atomic E-state index is -3.73. The predicted octanol–water partition coefficient (Wildman–Crippen LogP) is 0.231. The number of aromatic nitrogens is 1. The molecule has 110 valence electrons. The molecule has 9 heteroatoms. The van der Waals surface area contributed by atoms with Crippen LogP contribution in [0, 0.1) is 5.92 Å². The van der Waals surface area contributed by atoms with Crippen LogP contribution in [-0.4, -0.2) is 32.4 Å². The molecule has 1 fully saturated rings. The molecule has 4 N–H and O–H groups in total. The van der Waals surface area contributed by atoms with Gasteiger partial charge in [0.15, 0.2) is 0 Å². The number of nitrogen functional groups attached to an aromatic ring is 1. The molecule has 1 aliphatic rings. The zero-order chi connectivity index (χ0) is 14.8. The van der Waals surface area contributed by atoms with Gasteiger partial charge in [-0.15, -0.1) is 0 Å². The molecule has 1 aliphatic carbocycles. The van der Waals surface area contributed by atoms with Crippen LogP contribution in [0.25, 0.3) is 0 Å². The van der Waals surface area contributed by atoms with Crippen molar-refractivity contribution in [3.63, 3.8) is 0 Å². The van der Waals surface area contributed by atoms with Crippen molar-refractivity contribution in [2.75, 3.05) is 18.8 Å². The van der Waals surface area contributed by atoms with E-state index in [0.29, 0.717) is 4.47 Å². The summed E-state index contributed by atoms with van der Waals surface area (Å²) >= 11 is 3.15. The average molecular weight is 363 g/mol. The van der Waals surface area contributed by atoms with Crippen LogP contribution in [0.1, 0.15) is 12.8 Å². The first kappa shape index (κ1) is 15.2. The molecule has 0 aliphatic heterocycles. The van der Waals surface area contributed by atoms with Gasteiger partial charge in [0, 0.05) is 29.7 Å². The summed E-state index contributed by atoms with van der Waals surface area (Å²) in [6.45, 7) is 0.350. The molecule has 0 radical (unpaired) electrons. The molecule has 2 rings (SSSR count). The first-order valence-corrected chi connectivity index (χ1v) is 8.36. The Kier molecular flexibility index (Phi) is 4.61. The standard InChI is InChI=1S/C11H15BrN4O3S/c12-8-5-9(10(13)15-6-8)20(18,19)16-4-3-14-11(17)7-1-2-7/h5-7,16H,1-4H2,(H2,13,15)(H,14,17). The molecule has 0 spiro atoms. The van der Waals surface area contributed by atoms with Crippen molar-refractivity contribution in [3.05, 3.63) is 16.7 Å². The number of sulfonamides is 1. The summed E-state index contributed by atoms with van der Waals surface area (Å²) in [5, 5.41) is 2.67. The van der Waals surface area contributed by atoms with E-state index in [1.807, 2.05) is 0 Å². The Labute approximate surface area is 125 Å². The molecule has 7 nitrogen and oxygen atoms in total. The summed E-state index contributed by atoms with van der Waals surface area (Å²) in [6.07, 6.45) is 3.25. The van der Waals surface area contributed by atoms with Crippen molar-refractivity contribution in [2.24, 2.45) is 5.92 Å². The van der Waals surface area contributed by atoms with Crippen molar-refractivity contribution in [2.45, 2.75) is 17.7 Å². The summed E-state index contributed by atoms with van der Waals surface area (Å²) in [5.41, 5.74) is 5.56. The molecule has 1 saturated carbocycles. The third kappa shape index (κ3) is 3.90. The number of rotatable bonds is 6. The molecule has 1 amide bonds. The lowest BCUT2D eigenvalue weighted by Crippen LogP contribution is -2.35. The van der Waals surface area contributed by atoms with Crippen LogP contribution in [0.5, 0.6) is 0 Å². The Morgan fingerprint density at radius 2 is 2.15 bits per heavy atom. The fourth-order valence-corrected chi connectivity index (χ4v) is 3.20. The molecule has 1 aromatic heterocycles. The summed E-state index contributed by atoms with van der Waals surface area (Å²) in [7, 11) is -3.73. The maximum absolute atomic E-state index is 12.0. The largest absolute Gasteiger partial charge is 0.383 e. The molecular formula is C11H15BrN4O3S. The lowest BCUT2D eigenvalue weighted by molar-refractivity contribution is -0.122. The number of hydrogen-bond donors (Lipinski definition) is 3. The third-order valence-electron chi connectivity index (χ3n) is 2.80. The van der Waals surface area contributed by atoms with Gasteiger partial charge in [-0.05, 0) is 34.8 Å². The van der Waals surface area contributed by atoms with Crippen LogP contribution >= 0.6 is 15.9 Å². The Balaban J connectivity index is 1.90. The third-order valence-corrected chi connectivity index (χ3v) is 4.73. The molecule has 0 bridgehead atoms. The van der Waals surface area contributed by atoms with Gasteiger partial charge < -0.3 is 11.1 Å². The Hall–Kier alpha value is -1.19. The number of amides is 1. The molecule has 0 saturated heterocycles. The van der Waals surface area contributed by atoms with Crippen molar-refractivity contribution in [1.82, 2.24) is 15.0 Å². The smallest absolute Gasteiger partial charge is 0.244 e. The predicted molar refractivity (Wildman–Crippen MR) is 77.3 cm³/mol. The first-order valence-electron chi connectivity index (χ1n) is 6.08. The maximum atomic E-state index is 12.0. The number of carbonyl (C=O) groups is 1. The molecule has 0 unspecified atom stereocenters. The van der Waals surface area contributed by atoms with E-state index in [1.54, 1.807) is 0 Å². The highest BCUT2D eigenvalue weighted by Gasteiger charge is 2.29. The zero-order valence-corrected chi connectivity index (χ0v) is 13.0. The van der Waals surface area contributed by atoms with E-state index in [2.05, 4.69) is 31.0 Å². The van der Waals surface area contributed by atoms with E-state index in [1.165, 1.54) is 12.3 Å². The molecular weight excluding hydrogens is 348 g/mol. The number of pyridine rings is 1. The lowest BCUT2D eigenvalue weighted by atomic mass is 10.4. The lowest BCUT2D eigenvalue weighted by Gasteiger charge is -2.09. The fourth-order valence-electron chi connectivity index (χ4n) is 1.59. The molecule has 1 heterocycles.